The molecule has 7 nitrogen and oxygen atoms in total. The lowest BCUT2D eigenvalue weighted by Crippen LogP contribution is -2.37. The average molecular weight is 638 g/mol. The first-order chi connectivity index (χ1) is 21.1. The fraction of sp³-hybridized carbons (Fsp3) is 0.486. The molecule has 0 amide bonds. The van der Waals surface area contributed by atoms with Crippen LogP contribution in [0.15, 0.2) is 88.7 Å². The second kappa shape index (κ2) is 14.7. The zero-order valence-corrected chi connectivity index (χ0v) is 27.8. The van der Waals surface area contributed by atoms with Crippen molar-refractivity contribution in [2.75, 3.05) is 39.3 Å². The van der Waals surface area contributed by atoms with E-state index in [-0.39, 0.29) is 0 Å². The maximum absolute atomic E-state index is 13.6. The van der Waals surface area contributed by atoms with Crippen molar-refractivity contribution in [3.05, 3.63) is 95.6 Å². The van der Waals surface area contributed by atoms with Crippen LogP contribution in [0.25, 0.3) is 0 Å². The molecule has 0 bridgehead atoms. The minimum absolute atomic E-state index is 0.357. The van der Waals surface area contributed by atoms with Gasteiger partial charge in [-0.2, -0.15) is 8.61 Å². The first kappa shape index (κ1) is 32.8. The fourth-order valence-electron chi connectivity index (χ4n) is 5.57. The standard InChI is InChI=1S/C35H47N3O4S2/c1-29-10-18-34(19-11-29)43(39,40)37(27-32-14-15-32)24-6-22-36(26-31-8-4-3-5-9-31)23-7-25-38(28-33-16-17-33)44(41,42)35-20-12-30(2)13-21-35/h3-5,8-13,18-21,32-33H,6-7,14-17,22-28H2,1-2H3. The summed E-state index contributed by atoms with van der Waals surface area (Å²) in [5.41, 5.74) is 3.27. The van der Waals surface area contributed by atoms with E-state index < -0.39 is 20.0 Å². The van der Waals surface area contributed by atoms with E-state index in [1.165, 1.54) is 5.56 Å². The Hall–Kier alpha value is -2.56. The molecule has 9 heteroatoms. The van der Waals surface area contributed by atoms with Gasteiger partial charge < -0.3 is 0 Å². The summed E-state index contributed by atoms with van der Waals surface area (Å²) in [6.45, 7) is 8.19. The van der Waals surface area contributed by atoms with E-state index in [1.807, 2.05) is 56.3 Å². The molecule has 0 N–H and O–H groups in total. The monoisotopic (exact) mass is 637 g/mol. The van der Waals surface area contributed by atoms with Gasteiger partial charge in [0.1, 0.15) is 0 Å². The van der Waals surface area contributed by atoms with Gasteiger partial charge in [0, 0.05) is 32.7 Å². The lowest BCUT2D eigenvalue weighted by atomic mass is 10.2. The molecule has 0 spiro atoms. The summed E-state index contributed by atoms with van der Waals surface area (Å²) in [5, 5.41) is 0. The van der Waals surface area contributed by atoms with Gasteiger partial charge in [-0.25, -0.2) is 16.8 Å². The molecule has 3 aromatic rings. The number of nitrogens with zero attached hydrogens (tertiary/aromatic N) is 3. The van der Waals surface area contributed by atoms with Crippen molar-refractivity contribution < 1.29 is 16.8 Å². The molecular weight excluding hydrogens is 591 g/mol. The number of sulfonamides is 2. The molecule has 0 unspecified atom stereocenters. The Labute approximate surface area is 265 Å². The minimum Gasteiger partial charge on any atom is -0.299 e. The Balaban J connectivity index is 1.24. The number of hydrogen-bond donors (Lipinski definition) is 0. The van der Waals surface area contributed by atoms with Crippen LogP contribution in [0.2, 0.25) is 0 Å². The predicted octanol–water partition coefficient (Wildman–Crippen LogP) is 6.09. The van der Waals surface area contributed by atoms with E-state index in [2.05, 4.69) is 17.0 Å². The number of aryl methyl sites for hydroxylation is 2. The first-order valence-corrected chi connectivity index (χ1v) is 18.9. The molecule has 0 radical (unpaired) electrons. The zero-order chi connectivity index (χ0) is 31.2. The molecule has 2 aliphatic rings. The molecule has 0 heterocycles. The van der Waals surface area contributed by atoms with Gasteiger partial charge in [0.2, 0.25) is 20.0 Å². The van der Waals surface area contributed by atoms with Gasteiger partial charge >= 0.3 is 0 Å². The summed E-state index contributed by atoms with van der Waals surface area (Å²) in [6, 6.07) is 24.6. The highest BCUT2D eigenvalue weighted by Gasteiger charge is 2.33. The number of benzene rings is 3. The van der Waals surface area contributed by atoms with Crippen molar-refractivity contribution in [1.82, 2.24) is 13.5 Å². The van der Waals surface area contributed by atoms with E-state index in [9.17, 15) is 16.8 Å². The van der Waals surface area contributed by atoms with Gasteiger partial charge in [-0.1, -0.05) is 65.7 Å². The van der Waals surface area contributed by atoms with Crippen LogP contribution in [0, 0.1) is 25.7 Å². The zero-order valence-electron chi connectivity index (χ0n) is 26.1. The van der Waals surface area contributed by atoms with E-state index in [4.69, 9.17) is 0 Å². The van der Waals surface area contributed by atoms with Crippen molar-refractivity contribution in [2.45, 2.75) is 68.7 Å². The summed E-state index contributed by atoms with van der Waals surface area (Å²) in [7, 11) is -7.14. The Bertz CT molecular complexity index is 1450. The molecule has 2 aliphatic carbocycles. The van der Waals surface area contributed by atoms with Crippen molar-refractivity contribution in [1.29, 1.82) is 0 Å². The fourth-order valence-corrected chi connectivity index (χ4v) is 8.68. The third-order valence-electron chi connectivity index (χ3n) is 8.65. The molecular formula is C35H47N3O4S2. The van der Waals surface area contributed by atoms with E-state index in [0.717, 1.165) is 56.4 Å². The topological polar surface area (TPSA) is 78.0 Å². The Morgan fingerprint density at radius 2 is 0.977 bits per heavy atom. The molecule has 3 aromatic carbocycles. The highest BCUT2D eigenvalue weighted by Crippen LogP contribution is 2.33. The van der Waals surface area contributed by atoms with Crippen LogP contribution in [0.4, 0.5) is 0 Å². The van der Waals surface area contributed by atoms with Gasteiger partial charge in [-0.05, 0) is 107 Å². The predicted molar refractivity (Wildman–Crippen MR) is 176 cm³/mol. The van der Waals surface area contributed by atoms with Gasteiger partial charge in [-0.3, -0.25) is 4.90 Å². The molecule has 238 valence electrons. The van der Waals surface area contributed by atoms with Crippen LogP contribution >= 0.6 is 0 Å². The lowest BCUT2D eigenvalue weighted by Gasteiger charge is -2.27. The SMILES string of the molecule is Cc1ccc(S(=O)(=O)N(CCCN(CCCN(CC2CC2)S(=O)(=O)c2ccc(C)cc2)Cc2ccccc2)CC2CC2)cc1. The second-order valence-corrected chi connectivity index (χ2v) is 16.6. The smallest absolute Gasteiger partial charge is 0.243 e. The Morgan fingerprint density at radius 1 is 0.568 bits per heavy atom. The van der Waals surface area contributed by atoms with Crippen LogP contribution in [0.3, 0.4) is 0 Å². The van der Waals surface area contributed by atoms with Crippen LogP contribution < -0.4 is 0 Å². The highest BCUT2D eigenvalue weighted by molar-refractivity contribution is 7.89. The molecule has 44 heavy (non-hydrogen) atoms. The largest absolute Gasteiger partial charge is 0.299 e. The van der Waals surface area contributed by atoms with E-state index in [1.54, 1.807) is 32.9 Å². The van der Waals surface area contributed by atoms with Crippen molar-refractivity contribution in [3.8, 4) is 0 Å². The number of rotatable bonds is 18. The van der Waals surface area contributed by atoms with Gasteiger partial charge in [0.05, 0.1) is 9.79 Å². The summed E-state index contributed by atoms with van der Waals surface area (Å²) >= 11 is 0. The molecule has 0 aliphatic heterocycles. The maximum atomic E-state index is 13.6. The van der Waals surface area contributed by atoms with Crippen LogP contribution in [0.1, 0.15) is 55.2 Å². The third-order valence-corrected chi connectivity index (χ3v) is 12.4. The minimum atomic E-state index is -3.57. The number of hydrogen-bond acceptors (Lipinski definition) is 5. The molecule has 2 saturated carbocycles. The van der Waals surface area contributed by atoms with Crippen molar-refractivity contribution in [3.63, 3.8) is 0 Å². The van der Waals surface area contributed by atoms with Gasteiger partial charge in [0.15, 0.2) is 0 Å². The molecule has 2 fully saturated rings. The summed E-state index contributed by atoms with van der Waals surface area (Å²) in [5.74, 6) is 0.896. The summed E-state index contributed by atoms with van der Waals surface area (Å²) in [4.78, 5) is 3.06. The van der Waals surface area contributed by atoms with Gasteiger partial charge in [-0.15, -0.1) is 0 Å². The Kier molecular flexibility index (Phi) is 11.0. The molecule has 0 atom stereocenters. The highest BCUT2D eigenvalue weighted by atomic mass is 32.2. The van der Waals surface area contributed by atoms with Crippen molar-refractivity contribution >= 4 is 20.0 Å². The first-order valence-electron chi connectivity index (χ1n) is 16.0. The maximum Gasteiger partial charge on any atom is 0.243 e. The Morgan fingerprint density at radius 3 is 1.36 bits per heavy atom. The van der Waals surface area contributed by atoms with Crippen LogP contribution in [0.5, 0.6) is 0 Å². The molecule has 0 saturated heterocycles. The molecule has 5 rings (SSSR count). The third kappa shape index (κ3) is 9.23. The van der Waals surface area contributed by atoms with Gasteiger partial charge in [0.25, 0.3) is 0 Å². The summed E-state index contributed by atoms with van der Waals surface area (Å²) < 4.78 is 57.7. The van der Waals surface area contributed by atoms with E-state index >= 15 is 0 Å². The second-order valence-electron chi connectivity index (χ2n) is 12.7. The van der Waals surface area contributed by atoms with E-state index in [0.29, 0.717) is 60.6 Å². The van der Waals surface area contributed by atoms with Crippen LogP contribution in [-0.4, -0.2) is 69.6 Å². The van der Waals surface area contributed by atoms with Crippen molar-refractivity contribution in [2.24, 2.45) is 11.8 Å². The normalized spacial score (nSPS) is 15.8. The van der Waals surface area contributed by atoms with Crippen LogP contribution in [-0.2, 0) is 26.6 Å². The average Bonchev–Trinajstić information content (AvgIpc) is 3.94. The summed E-state index contributed by atoms with van der Waals surface area (Å²) in [6.07, 6.45) is 5.76. The lowest BCUT2D eigenvalue weighted by molar-refractivity contribution is 0.238. The molecule has 0 aromatic heterocycles. The quantitative estimate of drug-likeness (QED) is 0.169.